The van der Waals surface area contributed by atoms with E-state index in [2.05, 4.69) is 29.2 Å². The number of carbonyl (C=O) groups is 1. The van der Waals surface area contributed by atoms with Crippen LogP contribution in [0.2, 0.25) is 0 Å². The van der Waals surface area contributed by atoms with Crippen LogP contribution in [0.1, 0.15) is 10.4 Å². The van der Waals surface area contributed by atoms with Crippen LogP contribution in [0.3, 0.4) is 0 Å². The summed E-state index contributed by atoms with van der Waals surface area (Å²) < 4.78 is 5.14. The Bertz CT molecular complexity index is 506. The van der Waals surface area contributed by atoms with Crippen LogP contribution in [-0.4, -0.2) is 69.1 Å². The van der Waals surface area contributed by atoms with E-state index >= 15 is 0 Å². The van der Waals surface area contributed by atoms with E-state index in [-0.39, 0.29) is 5.91 Å². The Morgan fingerprint density at radius 1 is 1.43 bits per heavy atom. The Morgan fingerprint density at radius 2 is 2.19 bits per heavy atom. The summed E-state index contributed by atoms with van der Waals surface area (Å²) in [6.45, 7) is 3.63. The number of methoxy groups -OCH3 is 1. The maximum absolute atomic E-state index is 12.3. The second-order valence-electron chi connectivity index (χ2n) is 5.56. The third-order valence-corrected chi connectivity index (χ3v) is 3.98. The smallest absolute Gasteiger partial charge is 0.253 e. The summed E-state index contributed by atoms with van der Waals surface area (Å²) in [5, 5.41) is 2.97. The summed E-state index contributed by atoms with van der Waals surface area (Å²) in [5.74, 6) is 0.469. The Balaban J connectivity index is 1.98. The van der Waals surface area contributed by atoms with Gasteiger partial charge < -0.3 is 20.7 Å². The molecule has 116 valence electrons. The number of likely N-dealkylation sites (N-methyl/N-ethyl adjacent to an activating group) is 2. The molecule has 0 aromatic heterocycles. The number of nitrogens with one attached hydrogen (secondary N) is 1. The number of amides is 1. The number of rotatable bonds is 4. The molecule has 1 amide bonds. The Morgan fingerprint density at radius 3 is 2.90 bits per heavy atom. The first-order chi connectivity index (χ1) is 10.0. The van der Waals surface area contributed by atoms with Crippen molar-refractivity contribution in [1.29, 1.82) is 0 Å². The summed E-state index contributed by atoms with van der Waals surface area (Å²) in [6.07, 6.45) is 0. The third-order valence-electron chi connectivity index (χ3n) is 3.98. The predicted molar refractivity (Wildman–Crippen MR) is 83.7 cm³/mol. The Labute approximate surface area is 125 Å². The number of nitrogen functional groups attached to an aromatic ring is 1. The fourth-order valence-electron chi connectivity index (χ4n) is 2.49. The van der Waals surface area contributed by atoms with E-state index in [1.807, 2.05) is 0 Å². The van der Waals surface area contributed by atoms with Crippen molar-refractivity contribution in [2.45, 2.75) is 6.04 Å². The molecule has 1 atom stereocenters. The summed E-state index contributed by atoms with van der Waals surface area (Å²) in [5.41, 5.74) is 6.79. The molecule has 3 N–H and O–H groups in total. The minimum absolute atomic E-state index is 0.159. The number of ether oxygens (including phenoxy) is 1. The van der Waals surface area contributed by atoms with E-state index in [9.17, 15) is 4.79 Å². The number of carbonyl (C=O) groups excluding carboxylic acids is 1. The second kappa shape index (κ2) is 6.78. The molecule has 0 saturated carbocycles. The zero-order valence-electron chi connectivity index (χ0n) is 12.9. The summed E-state index contributed by atoms with van der Waals surface area (Å²) >= 11 is 0. The molecule has 0 aliphatic carbocycles. The highest BCUT2D eigenvalue weighted by atomic mass is 16.5. The van der Waals surface area contributed by atoms with E-state index in [0.29, 0.717) is 29.6 Å². The topological polar surface area (TPSA) is 70.8 Å². The first-order valence-electron chi connectivity index (χ1n) is 7.11. The lowest BCUT2D eigenvalue weighted by molar-refractivity contribution is 0.0881. The highest BCUT2D eigenvalue weighted by Crippen LogP contribution is 2.19. The quantitative estimate of drug-likeness (QED) is 0.779. The first-order valence-corrected chi connectivity index (χ1v) is 7.11. The van der Waals surface area contributed by atoms with Gasteiger partial charge in [-0.3, -0.25) is 9.69 Å². The van der Waals surface area contributed by atoms with Crippen LogP contribution in [-0.2, 0) is 0 Å². The monoisotopic (exact) mass is 292 g/mol. The molecule has 6 heteroatoms. The molecule has 1 fully saturated rings. The molecule has 1 heterocycles. The minimum atomic E-state index is -0.159. The van der Waals surface area contributed by atoms with Gasteiger partial charge in [0.2, 0.25) is 0 Å². The van der Waals surface area contributed by atoms with Crippen molar-refractivity contribution in [2.75, 3.05) is 53.1 Å². The summed E-state index contributed by atoms with van der Waals surface area (Å²) in [4.78, 5) is 16.8. The number of piperazine rings is 1. The number of anilines is 1. The molecule has 1 aliphatic heterocycles. The van der Waals surface area contributed by atoms with Gasteiger partial charge in [-0.15, -0.1) is 0 Å². The van der Waals surface area contributed by atoms with Gasteiger partial charge in [0, 0.05) is 37.9 Å². The van der Waals surface area contributed by atoms with Crippen LogP contribution in [0.25, 0.3) is 0 Å². The molecule has 1 aliphatic rings. The fourth-order valence-corrected chi connectivity index (χ4v) is 2.49. The number of hydrogen-bond acceptors (Lipinski definition) is 5. The summed E-state index contributed by atoms with van der Waals surface area (Å²) in [6, 6.07) is 5.42. The molecule has 0 radical (unpaired) electrons. The van der Waals surface area contributed by atoms with E-state index < -0.39 is 0 Å². The number of benzene rings is 1. The van der Waals surface area contributed by atoms with Crippen molar-refractivity contribution in [3.63, 3.8) is 0 Å². The third kappa shape index (κ3) is 3.86. The molecule has 0 bridgehead atoms. The molecule has 1 unspecified atom stereocenters. The molecule has 2 rings (SSSR count). The van der Waals surface area contributed by atoms with Gasteiger partial charge >= 0.3 is 0 Å². The van der Waals surface area contributed by atoms with Crippen molar-refractivity contribution in [2.24, 2.45) is 0 Å². The number of nitrogens with zero attached hydrogens (tertiary/aromatic N) is 2. The maximum atomic E-state index is 12.3. The van der Waals surface area contributed by atoms with Crippen LogP contribution in [0.15, 0.2) is 18.2 Å². The van der Waals surface area contributed by atoms with Crippen LogP contribution in [0.5, 0.6) is 5.75 Å². The van der Waals surface area contributed by atoms with Gasteiger partial charge in [-0.05, 0) is 32.3 Å². The van der Waals surface area contributed by atoms with Crippen molar-refractivity contribution >= 4 is 11.6 Å². The average molecular weight is 292 g/mol. The highest BCUT2D eigenvalue weighted by Gasteiger charge is 2.23. The SMILES string of the molecule is COc1ccc(N)c(C(=O)NCC2CN(C)CCN2C)c1. The van der Waals surface area contributed by atoms with Crippen molar-refractivity contribution < 1.29 is 9.53 Å². The van der Waals surface area contributed by atoms with E-state index in [1.165, 1.54) is 0 Å². The molecular formula is C15H24N4O2. The average Bonchev–Trinajstić information content (AvgIpc) is 2.48. The molecular weight excluding hydrogens is 268 g/mol. The molecule has 6 nitrogen and oxygen atoms in total. The maximum Gasteiger partial charge on any atom is 0.253 e. The van der Waals surface area contributed by atoms with Crippen molar-refractivity contribution in [1.82, 2.24) is 15.1 Å². The molecule has 1 saturated heterocycles. The number of hydrogen-bond donors (Lipinski definition) is 2. The highest BCUT2D eigenvalue weighted by molar-refractivity contribution is 5.99. The first kappa shape index (κ1) is 15.6. The van der Waals surface area contributed by atoms with Crippen LogP contribution in [0.4, 0.5) is 5.69 Å². The molecule has 1 aromatic carbocycles. The van der Waals surface area contributed by atoms with Crippen molar-refractivity contribution in [3.8, 4) is 5.75 Å². The van der Waals surface area contributed by atoms with Gasteiger partial charge in [-0.2, -0.15) is 0 Å². The molecule has 0 spiro atoms. The van der Waals surface area contributed by atoms with Gasteiger partial charge in [0.05, 0.1) is 12.7 Å². The number of nitrogens with two attached hydrogens (primary N) is 1. The lowest BCUT2D eigenvalue weighted by atomic mass is 10.1. The summed E-state index contributed by atoms with van der Waals surface area (Å²) in [7, 11) is 5.76. The zero-order valence-corrected chi connectivity index (χ0v) is 12.9. The lowest BCUT2D eigenvalue weighted by Crippen LogP contribution is -2.54. The van der Waals surface area contributed by atoms with Gasteiger partial charge in [-0.25, -0.2) is 0 Å². The molecule has 21 heavy (non-hydrogen) atoms. The van der Waals surface area contributed by atoms with Gasteiger partial charge in [0.25, 0.3) is 5.91 Å². The van der Waals surface area contributed by atoms with E-state index in [1.54, 1.807) is 25.3 Å². The predicted octanol–water partition coefficient (Wildman–Crippen LogP) is 0.253. The van der Waals surface area contributed by atoms with Gasteiger partial charge in [0.15, 0.2) is 0 Å². The van der Waals surface area contributed by atoms with Crippen LogP contribution < -0.4 is 15.8 Å². The van der Waals surface area contributed by atoms with E-state index in [0.717, 1.165) is 19.6 Å². The molecule has 1 aromatic rings. The largest absolute Gasteiger partial charge is 0.497 e. The van der Waals surface area contributed by atoms with E-state index in [4.69, 9.17) is 10.5 Å². The fraction of sp³-hybridized carbons (Fsp3) is 0.533. The Hall–Kier alpha value is -1.79. The Kier molecular flexibility index (Phi) is 5.03. The van der Waals surface area contributed by atoms with Crippen LogP contribution >= 0.6 is 0 Å². The van der Waals surface area contributed by atoms with Crippen molar-refractivity contribution in [3.05, 3.63) is 23.8 Å². The zero-order chi connectivity index (χ0) is 15.4. The lowest BCUT2D eigenvalue weighted by Gasteiger charge is -2.37. The van der Waals surface area contributed by atoms with Gasteiger partial charge in [0.1, 0.15) is 5.75 Å². The standard InChI is InChI=1S/C15H24N4O2/c1-18-6-7-19(2)11(10-18)9-17-15(20)13-8-12(21-3)4-5-14(13)16/h4-5,8,11H,6-7,9-10,16H2,1-3H3,(H,17,20). The second-order valence-corrected chi connectivity index (χ2v) is 5.56. The van der Waals surface area contributed by atoms with Crippen LogP contribution in [0, 0.1) is 0 Å². The minimum Gasteiger partial charge on any atom is -0.497 e. The normalized spacial score (nSPS) is 20.2. The van der Waals surface area contributed by atoms with Gasteiger partial charge in [-0.1, -0.05) is 0 Å².